The molecule has 0 saturated heterocycles. The quantitative estimate of drug-likeness (QED) is 0.783. The van der Waals surface area contributed by atoms with Gasteiger partial charge in [-0.1, -0.05) is 12.1 Å². The lowest BCUT2D eigenvalue weighted by atomic mass is 10.0. The van der Waals surface area contributed by atoms with E-state index in [-0.39, 0.29) is 24.2 Å². The highest BCUT2D eigenvalue weighted by Gasteiger charge is 2.56. The third-order valence-corrected chi connectivity index (χ3v) is 4.63. The van der Waals surface area contributed by atoms with Crippen molar-refractivity contribution in [3.63, 3.8) is 0 Å². The van der Waals surface area contributed by atoms with Crippen LogP contribution in [-0.4, -0.2) is 25.9 Å². The van der Waals surface area contributed by atoms with Gasteiger partial charge in [0.2, 0.25) is 11.8 Å². The van der Waals surface area contributed by atoms with Crippen LogP contribution < -0.4 is 15.5 Å². The van der Waals surface area contributed by atoms with Crippen LogP contribution in [0.3, 0.4) is 0 Å². The molecule has 26 heavy (non-hydrogen) atoms. The molecule has 136 valence electrons. The smallest absolute Gasteiger partial charge is 0.240 e. The Bertz CT molecular complexity index is 797. The number of carbonyl (C=O) groups is 2. The second-order valence-corrected chi connectivity index (χ2v) is 6.79. The second-order valence-electron chi connectivity index (χ2n) is 6.79. The van der Waals surface area contributed by atoms with Gasteiger partial charge >= 0.3 is 0 Å². The third kappa shape index (κ3) is 3.85. The number of halogens is 1. The Morgan fingerprint density at radius 2 is 1.62 bits per heavy atom. The molecule has 0 aromatic heterocycles. The Morgan fingerprint density at radius 1 is 1.00 bits per heavy atom. The van der Waals surface area contributed by atoms with Crippen LogP contribution in [0.4, 0.5) is 15.8 Å². The molecule has 6 heteroatoms. The SMILES string of the molecule is CN(C)c1ccc(NC(=O)C2(C(=O)NCc3ccc(F)cc3)CC2)cc1. The van der Waals surface area contributed by atoms with Crippen LogP contribution in [0, 0.1) is 11.2 Å². The molecule has 1 fully saturated rings. The Kier molecular flexibility index (Phi) is 4.93. The molecule has 0 atom stereocenters. The number of hydrogen-bond acceptors (Lipinski definition) is 3. The number of hydrogen-bond donors (Lipinski definition) is 2. The summed E-state index contributed by atoms with van der Waals surface area (Å²) in [6.45, 7) is 0.270. The van der Waals surface area contributed by atoms with E-state index in [2.05, 4.69) is 10.6 Å². The van der Waals surface area contributed by atoms with Crippen molar-refractivity contribution in [1.29, 1.82) is 0 Å². The summed E-state index contributed by atoms with van der Waals surface area (Å²) in [5, 5.41) is 5.61. The summed E-state index contributed by atoms with van der Waals surface area (Å²) in [5.74, 6) is -0.894. The second kappa shape index (κ2) is 7.15. The van der Waals surface area contributed by atoms with Gasteiger partial charge in [0.05, 0.1) is 0 Å². The van der Waals surface area contributed by atoms with Crippen molar-refractivity contribution < 1.29 is 14.0 Å². The van der Waals surface area contributed by atoms with Gasteiger partial charge in [-0.05, 0) is 54.8 Å². The number of anilines is 2. The third-order valence-electron chi connectivity index (χ3n) is 4.63. The molecule has 2 amide bonds. The number of benzene rings is 2. The number of amides is 2. The first kappa shape index (κ1) is 17.9. The lowest BCUT2D eigenvalue weighted by Crippen LogP contribution is -2.39. The Labute approximate surface area is 152 Å². The van der Waals surface area contributed by atoms with E-state index in [1.54, 1.807) is 12.1 Å². The summed E-state index contributed by atoms with van der Waals surface area (Å²) in [6, 6.07) is 13.4. The van der Waals surface area contributed by atoms with Gasteiger partial charge in [0, 0.05) is 32.0 Å². The Hall–Kier alpha value is -2.89. The van der Waals surface area contributed by atoms with E-state index in [1.807, 2.05) is 43.3 Å². The summed E-state index contributed by atoms with van der Waals surface area (Å²) in [6.07, 6.45) is 1.06. The minimum Gasteiger partial charge on any atom is -0.378 e. The Balaban J connectivity index is 1.59. The van der Waals surface area contributed by atoms with Crippen molar-refractivity contribution in [1.82, 2.24) is 5.32 Å². The van der Waals surface area contributed by atoms with E-state index in [1.165, 1.54) is 12.1 Å². The Morgan fingerprint density at radius 3 is 2.15 bits per heavy atom. The fourth-order valence-electron chi connectivity index (χ4n) is 2.73. The van der Waals surface area contributed by atoms with Gasteiger partial charge in [-0.3, -0.25) is 9.59 Å². The standard InChI is InChI=1S/C20H22FN3O2/c1-24(2)17-9-7-16(8-10-17)23-19(26)20(11-12-20)18(25)22-13-14-3-5-15(21)6-4-14/h3-10H,11-13H2,1-2H3,(H,22,25)(H,23,26). The number of carbonyl (C=O) groups excluding carboxylic acids is 2. The summed E-state index contributed by atoms with van der Waals surface area (Å²) < 4.78 is 12.9. The van der Waals surface area contributed by atoms with Crippen LogP contribution in [0.5, 0.6) is 0 Å². The molecule has 0 spiro atoms. The zero-order valence-corrected chi connectivity index (χ0v) is 14.9. The van der Waals surface area contributed by atoms with Crippen LogP contribution in [0.2, 0.25) is 0 Å². The minimum absolute atomic E-state index is 0.270. The van der Waals surface area contributed by atoms with Crippen molar-refractivity contribution in [2.45, 2.75) is 19.4 Å². The van der Waals surface area contributed by atoms with Gasteiger partial charge in [0.15, 0.2) is 0 Å². The summed E-state index contributed by atoms with van der Waals surface area (Å²) in [7, 11) is 3.89. The number of nitrogens with one attached hydrogen (secondary N) is 2. The molecule has 0 unspecified atom stereocenters. The molecule has 1 saturated carbocycles. The van der Waals surface area contributed by atoms with Crippen molar-refractivity contribution in [3.05, 3.63) is 59.9 Å². The molecule has 5 nitrogen and oxygen atoms in total. The lowest BCUT2D eigenvalue weighted by molar-refractivity contribution is -0.134. The highest BCUT2D eigenvalue weighted by molar-refractivity contribution is 6.13. The molecule has 3 rings (SSSR count). The molecular weight excluding hydrogens is 333 g/mol. The molecule has 2 aromatic carbocycles. The molecule has 0 bridgehead atoms. The first-order valence-electron chi connectivity index (χ1n) is 8.52. The normalized spacial score (nSPS) is 14.4. The van der Waals surface area contributed by atoms with E-state index >= 15 is 0 Å². The maximum absolute atomic E-state index is 12.9. The van der Waals surface area contributed by atoms with Gasteiger partial charge in [0.1, 0.15) is 11.2 Å². The van der Waals surface area contributed by atoms with Gasteiger partial charge in [-0.2, -0.15) is 0 Å². The molecule has 0 heterocycles. The van der Waals surface area contributed by atoms with Crippen molar-refractivity contribution >= 4 is 23.2 Å². The summed E-state index contributed by atoms with van der Waals surface area (Å²) >= 11 is 0. The lowest BCUT2D eigenvalue weighted by Gasteiger charge is -2.17. The van der Waals surface area contributed by atoms with Gasteiger partial charge in [-0.15, -0.1) is 0 Å². The van der Waals surface area contributed by atoms with E-state index in [0.717, 1.165) is 11.3 Å². The van der Waals surface area contributed by atoms with Crippen molar-refractivity contribution in [2.75, 3.05) is 24.3 Å². The fraction of sp³-hybridized carbons (Fsp3) is 0.300. The van der Waals surface area contributed by atoms with E-state index in [4.69, 9.17) is 0 Å². The molecule has 1 aliphatic rings. The monoisotopic (exact) mass is 355 g/mol. The maximum Gasteiger partial charge on any atom is 0.240 e. The number of nitrogens with zero attached hydrogens (tertiary/aromatic N) is 1. The predicted octanol–water partition coefficient (Wildman–Crippen LogP) is 2.93. The molecule has 0 aliphatic heterocycles. The maximum atomic E-state index is 12.9. The molecule has 1 aliphatic carbocycles. The fourth-order valence-corrected chi connectivity index (χ4v) is 2.73. The average molecular weight is 355 g/mol. The van der Waals surface area contributed by atoms with Gasteiger partial charge in [0.25, 0.3) is 0 Å². The van der Waals surface area contributed by atoms with Crippen LogP contribution in [0.1, 0.15) is 18.4 Å². The van der Waals surface area contributed by atoms with E-state index < -0.39 is 5.41 Å². The van der Waals surface area contributed by atoms with Crippen LogP contribution in [-0.2, 0) is 16.1 Å². The topological polar surface area (TPSA) is 61.4 Å². The minimum atomic E-state index is -1.000. The van der Waals surface area contributed by atoms with Gasteiger partial charge < -0.3 is 15.5 Å². The zero-order valence-electron chi connectivity index (χ0n) is 14.9. The largest absolute Gasteiger partial charge is 0.378 e. The average Bonchev–Trinajstić information content (AvgIpc) is 3.43. The van der Waals surface area contributed by atoms with Crippen LogP contribution in [0.15, 0.2) is 48.5 Å². The highest BCUT2D eigenvalue weighted by Crippen LogP contribution is 2.47. The first-order chi connectivity index (χ1) is 12.4. The van der Waals surface area contributed by atoms with Crippen LogP contribution >= 0.6 is 0 Å². The highest BCUT2D eigenvalue weighted by atomic mass is 19.1. The molecule has 0 radical (unpaired) electrons. The van der Waals surface area contributed by atoms with E-state index in [9.17, 15) is 14.0 Å². The number of rotatable bonds is 6. The van der Waals surface area contributed by atoms with Crippen molar-refractivity contribution in [3.8, 4) is 0 Å². The first-order valence-corrected chi connectivity index (χ1v) is 8.52. The van der Waals surface area contributed by atoms with Crippen molar-refractivity contribution in [2.24, 2.45) is 5.41 Å². The van der Waals surface area contributed by atoms with E-state index in [0.29, 0.717) is 18.5 Å². The molecule has 2 N–H and O–H groups in total. The molecular formula is C20H22FN3O2. The predicted molar refractivity (Wildman–Crippen MR) is 99.3 cm³/mol. The summed E-state index contributed by atoms with van der Waals surface area (Å²) in [5.41, 5.74) is 1.48. The summed E-state index contributed by atoms with van der Waals surface area (Å²) in [4.78, 5) is 27.0. The van der Waals surface area contributed by atoms with Gasteiger partial charge in [-0.25, -0.2) is 4.39 Å². The molecule has 2 aromatic rings. The van der Waals surface area contributed by atoms with Crippen LogP contribution in [0.25, 0.3) is 0 Å². The zero-order chi connectivity index (χ0) is 18.7.